The predicted octanol–water partition coefficient (Wildman–Crippen LogP) is 5.60. The van der Waals surface area contributed by atoms with Crippen LogP contribution >= 0.6 is 0 Å². The van der Waals surface area contributed by atoms with E-state index in [-0.39, 0.29) is 12.0 Å². The van der Waals surface area contributed by atoms with E-state index in [9.17, 15) is 4.39 Å². The normalized spacial score (nSPS) is 17.1. The van der Waals surface area contributed by atoms with Gasteiger partial charge in [-0.25, -0.2) is 9.07 Å². The molecule has 140 valence electrons. The smallest absolute Gasteiger partial charge is 0.150 e. The Bertz CT molecular complexity index is 1110. The van der Waals surface area contributed by atoms with Crippen molar-refractivity contribution >= 4 is 10.9 Å². The van der Waals surface area contributed by atoms with Crippen molar-refractivity contribution in [3.8, 4) is 22.4 Å². The highest BCUT2D eigenvalue weighted by Crippen LogP contribution is 2.36. The lowest BCUT2D eigenvalue weighted by molar-refractivity contribution is -0.0393. The van der Waals surface area contributed by atoms with Crippen LogP contribution in [-0.2, 0) is 4.74 Å². The minimum Gasteiger partial charge on any atom is -0.357 e. The highest BCUT2D eigenvalue weighted by atomic mass is 19.1. The summed E-state index contributed by atoms with van der Waals surface area (Å²) in [6.45, 7) is 0.754. The number of rotatable bonds is 3. The first kappa shape index (κ1) is 17.1. The molecule has 0 aliphatic carbocycles. The summed E-state index contributed by atoms with van der Waals surface area (Å²) >= 11 is 0. The Labute approximate surface area is 162 Å². The molecule has 1 aliphatic heterocycles. The quantitative estimate of drug-likeness (QED) is 0.469. The Morgan fingerprint density at radius 2 is 1.82 bits per heavy atom. The van der Waals surface area contributed by atoms with Gasteiger partial charge in [-0.2, -0.15) is 5.10 Å². The van der Waals surface area contributed by atoms with E-state index in [4.69, 9.17) is 9.84 Å². The largest absolute Gasteiger partial charge is 0.357 e. The number of benzene rings is 2. The monoisotopic (exact) mass is 373 g/mol. The summed E-state index contributed by atoms with van der Waals surface area (Å²) in [7, 11) is 0. The molecule has 0 bridgehead atoms. The molecule has 0 spiro atoms. The van der Waals surface area contributed by atoms with Gasteiger partial charge in [-0.15, -0.1) is 0 Å². The maximum atomic E-state index is 13.5. The van der Waals surface area contributed by atoms with Crippen molar-refractivity contribution in [2.75, 3.05) is 6.61 Å². The SMILES string of the molecule is Fc1ccc(-c2nn(C3CCCCO3)cc2-c2ccnc3ccccc23)cc1. The maximum absolute atomic E-state index is 13.5. The van der Waals surface area contributed by atoms with Crippen LogP contribution in [0.2, 0.25) is 0 Å². The number of pyridine rings is 1. The third-order valence-electron chi connectivity index (χ3n) is 5.24. The highest BCUT2D eigenvalue weighted by Gasteiger charge is 2.21. The van der Waals surface area contributed by atoms with Crippen molar-refractivity contribution in [1.29, 1.82) is 0 Å². The first-order valence-corrected chi connectivity index (χ1v) is 9.60. The fraction of sp³-hybridized carbons (Fsp3) is 0.217. The number of halogens is 1. The Morgan fingerprint density at radius 3 is 2.64 bits per heavy atom. The average molecular weight is 373 g/mol. The van der Waals surface area contributed by atoms with Crippen molar-refractivity contribution in [2.24, 2.45) is 0 Å². The van der Waals surface area contributed by atoms with Crippen molar-refractivity contribution in [1.82, 2.24) is 14.8 Å². The molecule has 1 saturated heterocycles. The molecule has 1 unspecified atom stereocenters. The Kier molecular flexibility index (Phi) is 4.37. The van der Waals surface area contributed by atoms with Crippen LogP contribution in [0.25, 0.3) is 33.3 Å². The van der Waals surface area contributed by atoms with E-state index in [1.165, 1.54) is 12.1 Å². The van der Waals surface area contributed by atoms with E-state index in [0.717, 1.165) is 59.2 Å². The fourth-order valence-corrected chi connectivity index (χ4v) is 3.82. The lowest BCUT2D eigenvalue weighted by Gasteiger charge is -2.22. The summed E-state index contributed by atoms with van der Waals surface area (Å²) in [5.41, 5.74) is 4.70. The van der Waals surface area contributed by atoms with Gasteiger partial charge < -0.3 is 4.74 Å². The summed E-state index contributed by atoms with van der Waals surface area (Å²) in [5.74, 6) is -0.255. The number of para-hydroxylation sites is 1. The van der Waals surface area contributed by atoms with Gasteiger partial charge in [0.1, 0.15) is 17.7 Å². The van der Waals surface area contributed by atoms with Crippen LogP contribution in [0.15, 0.2) is 67.0 Å². The lowest BCUT2D eigenvalue weighted by atomic mass is 9.99. The number of ether oxygens (including phenoxy) is 1. The third-order valence-corrected chi connectivity index (χ3v) is 5.24. The maximum Gasteiger partial charge on any atom is 0.150 e. The topological polar surface area (TPSA) is 39.9 Å². The summed E-state index contributed by atoms with van der Waals surface area (Å²) < 4.78 is 21.3. The van der Waals surface area contributed by atoms with Gasteiger partial charge in [0.15, 0.2) is 0 Å². The van der Waals surface area contributed by atoms with Gasteiger partial charge in [0.2, 0.25) is 0 Å². The second-order valence-corrected chi connectivity index (χ2v) is 7.08. The van der Waals surface area contributed by atoms with E-state index in [1.54, 1.807) is 12.1 Å². The molecular formula is C23H20FN3O. The van der Waals surface area contributed by atoms with Crippen LogP contribution in [0.5, 0.6) is 0 Å². The van der Waals surface area contributed by atoms with E-state index >= 15 is 0 Å². The number of aromatic nitrogens is 3. The molecule has 2 aromatic heterocycles. The molecule has 1 fully saturated rings. The predicted molar refractivity (Wildman–Crippen MR) is 107 cm³/mol. The van der Waals surface area contributed by atoms with Crippen molar-refractivity contribution in [3.05, 3.63) is 72.8 Å². The molecule has 1 atom stereocenters. The van der Waals surface area contributed by atoms with Crippen LogP contribution in [0, 0.1) is 5.82 Å². The number of nitrogens with zero attached hydrogens (tertiary/aromatic N) is 3. The van der Waals surface area contributed by atoms with Crippen molar-refractivity contribution in [3.63, 3.8) is 0 Å². The minimum absolute atomic E-state index is 0.0604. The molecule has 1 aliphatic rings. The molecule has 28 heavy (non-hydrogen) atoms. The second-order valence-electron chi connectivity index (χ2n) is 7.08. The van der Waals surface area contributed by atoms with Gasteiger partial charge in [0.25, 0.3) is 0 Å². The number of fused-ring (bicyclic) bond motifs is 1. The van der Waals surface area contributed by atoms with Crippen LogP contribution in [0.3, 0.4) is 0 Å². The van der Waals surface area contributed by atoms with Crippen LogP contribution in [0.1, 0.15) is 25.5 Å². The van der Waals surface area contributed by atoms with Gasteiger partial charge in [-0.1, -0.05) is 18.2 Å². The zero-order valence-corrected chi connectivity index (χ0v) is 15.4. The molecule has 0 N–H and O–H groups in total. The molecule has 2 aromatic carbocycles. The van der Waals surface area contributed by atoms with Gasteiger partial charge in [0, 0.05) is 35.5 Å². The third kappa shape index (κ3) is 3.08. The van der Waals surface area contributed by atoms with Crippen LogP contribution in [-0.4, -0.2) is 21.4 Å². The summed E-state index contributed by atoms with van der Waals surface area (Å²) in [6.07, 6.45) is 6.97. The van der Waals surface area contributed by atoms with E-state index in [1.807, 2.05) is 35.1 Å². The van der Waals surface area contributed by atoms with E-state index in [0.29, 0.717) is 0 Å². The first-order valence-electron chi connectivity index (χ1n) is 9.60. The minimum atomic E-state index is -0.255. The van der Waals surface area contributed by atoms with Gasteiger partial charge in [0.05, 0.1) is 5.52 Å². The molecule has 0 amide bonds. The first-order chi connectivity index (χ1) is 13.8. The van der Waals surface area contributed by atoms with Gasteiger partial charge in [-0.05, 0) is 61.2 Å². The molecule has 4 aromatic rings. The number of hydrogen-bond donors (Lipinski definition) is 0. The van der Waals surface area contributed by atoms with Gasteiger partial charge >= 0.3 is 0 Å². The standard InChI is InChI=1S/C23H20FN3O/c24-17-10-8-16(9-11-17)23-20(15-27(26-23)22-7-3-4-14-28-22)18-12-13-25-21-6-2-1-5-19(18)21/h1-2,5-6,8-13,15,22H,3-4,7,14H2. The summed E-state index contributed by atoms with van der Waals surface area (Å²) in [4.78, 5) is 4.48. The van der Waals surface area contributed by atoms with E-state index < -0.39 is 0 Å². The van der Waals surface area contributed by atoms with Crippen molar-refractivity contribution < 1.29 is 9.13 Å². The molecular weight excluding hydrogens is 353 g/mol. The Morgan fingerprint density at radius 1 is 0.964 bits per heavy atom. The molecule has 3 heterocycles. The molecule has 0 radical (unpaired) electrons. The Balaban J connectivity index is 1.70. The van der Waals surface area contributed by atoms with E-state index in [2.05, 4.69) is 17.2 Å². The average Bonchev–Trinajstić information content (AvgIpc) is 3.20. The van der Waals surface area contributed by atoms with Gasteiger partial charge in [-0.3, -0.25) is 4.98 Å². The zero-order chi connectivity index (χ0) is 18.9. The summed E-state index contributed by atoms with van der Waals surface area (Å²) in [5, 5.41) is 5.93. The fourth-order valence-electron chi connectivity index (χ4n) is 3.82. The molecule has 4 nitrogen and oxygen atoms in total. The molecule has 0 saturated carbocycles. The van der Waals surface area contributed by atoms with Crippen LogP contribution < -0.4 is 0 Å². The second kappa shape index (κ2) is 7.17. The van der Waals surface area contributed by atoms with Crippen molar-refractivity contribution in [2.45, 2.75) is 25.5 Å². The molecule has 5 rings (SSSR count). The van der Waals surface area contributed by atoms with Crippen LogP contribution in [0.4, 0.5) is 4.39 Å². The highest BCUT2D eigenvalue weighted by molar-refractivity contribution is 5.97. The number of hydrogen-bond acceptors (Lipinski definition) is 3. The zero-order valence-electron chi connectivity index (χ0n) is 15.4. The Hall–Kier alpha value is -3.05. The molecule has 5 heteroatoms. The lowest BCUT2D eigenvalue weighted by Crippen LogP contribution is -2.18. The summed E-state index contributed by atoms with van der Waals surface area (Å²) in [6, 6.07) is 16.6.